The van der Waals surface area contributed by atoms with Gasteiger partial charge in [-0.1, -0.05) is 32.1 Å². The predicted octanol–water partition coefficient (Wildman–Crippen LogP) is 1.74. The zero-order chi connectivity index (χ0) is 18.2. The van der Waals surface area contributed by atoms with Crippen LogP contribution >= 0.6 is 0 Å². The maximum atomic E-state index is 12.5. The van der Waals surface area contributed by atoms with Crippen LogP contribution in [0, 0.1) is 5.92 Å². The molecule has 0 aromatic carbocycles. The van der Waals surface area contributed by atoms with E-state index in [1.54, 1.807) is 12.1 Å². The lowest BCUT2D eigenvalue weighted by Gasteiger charge is -2.27. The molecule has 7 nitrogen and oxygen atoms in total. The monoisotopic (exact) mass is 347 g/mol. The molecule has 136 valence electrons. The van der Waals surface area contributed by atoms with Gasteiger partial charge in [0, 0.05) is 18.0 Å². The van der Waals surface area contributed by atoms with Gasteiger partial charge in [-0.15, -0.1) is 0 Å². The van der Waals surface area contributed by atoms with Crippen LogP contribution in [0.4, 0.5) is 0 Å². The average molecular weight is 347 g/mol. The van der Waals surface area contributed by atoms with Crippen molar-refractivity contribution < 1.29 is 19.5 Å². The number of carbonyl (C=O) groups is 3. The number of rotatable bonds is 7. The fourth-order valence-corrected chi connectivity index (χ4v) is 3.11. The normalized spacial score (nSPS) is 17.3. The van der Waals surface area contributed by atoms with Crippen molar-refractivity contribution in [3.05, 3.63) is 30.1 Å². The minimum Gasteiger partial charge on any atom is -0.480 e. The van der Waals surface area contributed by atoms with Crippen LogP contribution in [0.5, 0.6) is 0 Å². The van der Waals surface area contributed by atoms with Crippen molar-refractivity contribution in [3.8, 4) is 0 Å². The number of aromatic nitrogens is 1. The smallest absolute Gasteiger partial charge is 0.325 e. The van der Waals surface area contributed by atoms with Gasteiger partial charge >= 0.3 is 5.97 Å². The Morgan fingerprint density at radius 1 is 1.16 bits per heavy atom. The summed E-state index contributed by atoms with van der Waals surface area (Å²) < 4.78 is 0. The van der Waals surface area contributed by atoms with E-state index in [-0.39, 0.29) is 5.91 Å². The van der Waals surface area contributed by atoms with Gasteiger partial charge in [0.1, 0.15) is 12.1 Å². The molecule has 1 saturated carbocycles. The molecule has 1 aliphatic carbocycles. The van der Waals surface area contributed by atoms with E-state index >= 15 is 0 Å². The molecule has 0 bridgehead atoms. The van der Waals surface area contributed by atoms with Gasteiger partial charge in [0.2, 0.25) is 5.91 Å². The Morgan fingerprint density at radius 2 is 1.80 bits per heavy atom. The number of nitrogens with one attached hydrogen (secondary N) is 2. The minimum atomic E-state index is -1.11. The Morgan fingerprint density at radius 3 is 2.40 bits per heavy atom. The number of carboxylic acid groups (broad SMARTS) is 1. The van der Waals surface area contributed by atoms with Gasteiger partial charge < -0.3 is 15.7 Å². The molecule has 0 spiro atoms. The zero-order valence-corrected chi connectivity index (χ0v) is 14.4. The first-order chi connectivity index (χ1) is 12.0. The SMILES string of the molecule is C[C@H](NC(=O)[C@H](CC1CCCCC1)NC(=O)c1ccncc1)C(=O)O. The van der Waals surface area contributed by atoms with Crippen LogP contribution in [0.1, 0.15) is 55.8 Å². The second kappa shape index (κ2) is 9.15. The third kappa shape index (κ3) is 5.85. The number of carbonyl (C=O) groups excluding carboxylic acids is 2. The van der Waals surface area contributed by atoms with Crippen LogP contribution in [0.3, 0.4) is 0 Å². The van der Waals surface area contributed by atoms with Gasteiger partial charge in [0.05, 0.1) is 0 Å². The highest BCUT2D eigenvalue weighted by atomic mass is 16.4. The molecule has 1 fully saturated rings. The van der Waals surface area contributed by atoms with Crippen molar-refractivity contribution in [2.75, 3.05) is 0 Å². The number of aliphatic carboxylic acids is 1. The number of hydrogen-bond acceptors (Lipinski definition) is 4. The maximum Gasteiger partial charge on any atom is 0.325 e. The first kappa shape index (κ1) is 18.9. The second-order valence-corrected chi connectivity index (χ2v) is 6.57. The number of hydrogen-bond donors (Lipinski definition) is 3. The standard InChI is InChI=1S/C18H25N3O4/c1-12(18(24)25)20-17(23)15(11-13-5-3-2-4-6-13)21-16(22)14-7-9-19-10-8-14/h7-10,12-13,15H,2-6,11H2,1H3,(H,20,23)(H,21,22)(H,24,25)/t12-,15-/m0/s1. The summed E-state index contributed by atoms with van der Waals surface area (Å²) in [4.78, 5) is 39.7. The van der Waals surface area contributed by atoms with Crippen molar-refractivity contribution in [2.24, 2.45) is 5.92 Å². The lowest BCUT2D eigenvalue weighted by molar-refractivity contribution is -0.141. The molecule has 0 saturated heterocycles. The molecule has 0 radical (unpaired) electrons. The first-order valence-corrected chi connectivity index (χ1v) is 8.71. The molecular formula is C18H25N3O4. The summed E-state index contributed by atoms with van der Waals surface area (Å²) in [5, 5.41) is 14.2. The number of pyridine rings is 1. The van der Waals surface area contributed by atoms with Crippen LogP contribution in [0.2, 0.25) is 0 Å². The van der Waals surface area contributed by atoms with Gasteiger partial charge in [0.25, 0.3) is 5.91 Å². The molecule has 2 amide bonds. The van der Waals surface area contributed by atoms with Gasteiger partial charge in [-0.2, -0.15) is 0 Å². The van der Waals surface area contributed by atoms with Crippen LogP contribution in [0.15, 0.2) is 24.5 Å². The summed E-state index contributed by atoms with van der Waals surface area (Å²) in [6.07, 6.45) is 9.06. The molecule has 1 heterocycles. The average Bonchev–Trinajstić information content (AvgIpc) is 2.62. The summed E-state index contributed by atoms with van der Waals surface area (Å²) in [5.41, 5.74) is 0.419. The Kier molecular flexibility index (Phi) is 6.91. The van der Waals surface area contributed by atoms with Crippen molar-refractivity contribution in [1.29, 1.82) is 0 Å². The van der Waals surface area contributed by atoms with Crippen molar-refractivity contribution in [1.82, 2.24) is 15.6 Å². The second-order valence-electron chi connectivity index (χ2n) is 6.57. The van der Waals surface area contributed by atoms with Crippen LogP contribution in [-0.4, -0.2) is 40.0 Å². The third-order valence-electron chi connectivity index (χ3n) is 4.59. The van der Waals surface area contributed by atoms with Gasteiger partial charge in [-0.3, -0.25) is 19.4 Å². The van der Waals surface area contributed by atoms with Crippen LogP contribution in [-0.2, 0) is 9.59 Å². The highest BCUT2D eigenvalue weighted by Crippen LogP contribution is 2.27. The van der Waals surface area contributed by atoms with Gasteiger partial charge in [0.15, 0.2) is 0 Å². The van der Waals surface area contributed by atoms with Crippen molar-refractivity contribution in [3.63, 3.8) is 0 Å². The van der Waals surface area contributed by atoms with Gasteiger partial charge in [-0.25, -0.2) is 0 Å². The van der Waals surface area contributed by atoms with Crippen molar-refractivity contribution in [2.45, 2.75) is 57.5 Å². The lowest BCUT2D eigenvalue weighted by Crippen LogP contribution is -2.51. The van der Waals surface area contributed by atoms with E-state index < -0.39 is 24.0 Å². The van der Waals surface area contributed by atoms with E-state index in [4.69, 9.17) is 5.11 Å². The molecule has 1 aliphatic rings. The predicted molar refractivity (Wildman–Crippen MR) is 91.9 cm³/mol. The summed E-state index contributed by atoms with van der Waals surface area (Å²) in [6.45, 7) is 1.41. The van der Waals surface area contributed by atoms with Crippen LogP contribution < -0.4 is 10.6 Å². The highest BCUT2D eigenvalue weighted by molar-refractivity contribution is 5.97. The Balaban J connectivity index is 2.06. The Labute approximate surface area is 147 Å². The Bertz CT molecular complexity index is 600. The summed E-state index contributed by atoms with van der Waals surface area (Å²) in [5.74, 6) is -1.56. The number of amides is 2. The molecule has 2 rings (SSSR count). The summed E-state index contributed by atoms with van der Waals surface area (Å²) >= 11 is 0. The molecule has 0 unspecified atom stereocenters. The number of nitrogens with zero attached hydrogens (tertiary/aromatic N) is 1. The quantitative estimate of drug-likeness (QED) is 0.696. The largest absolute Gasteiger partial charge is 0.480 e. The molecule has 25 heavy (non-hydrogen) atoms. The van der Waals surface area contributed by atoms with E-state index in [1.807, 2.05) is 0 Å². The van der Waals surface area contributed by atoms with E-state index in [2.05, 4.69) is 15.6 Å². The molecule has 1 aromatic rings. The maximum absolute atomic E-state index is 12.5. The van der Waals surface area contributed by atoms with Gasteiger partial charge in [-0.05, 0) is 31.4 Å². The topological polar surface area (TPSA) is 108 Å². The fraction of sp³-hybridized carbons (Fsp3) is 0.556. The van der Waals surface area contributed by atoms with Crippen molar-refractivity contribution >= 4 is 17.8 Å². The molecule has 0 aliphatic heterocycles. The third-order valence-corrected chi connectivity index (χ3v) is 4.59. The zero-order valence-electron chi connectivity index (χ0n) is 14.4. The van der Waals surface area contributed by atoms with E-state index in [1.165, 1.54) is 25.7 Å². The summed E-state index contributed by atoms with van der Waals surface area (Å²) in [7, 11) is 0. The highest BCUT2D eigenvalue weighted by Gasteiger charge is 2.28. The van der Waals surface area contributed by atoms with E-state index in [9.17, 15) is 14.4 Å². The van der Waals surface area contributed by atoms with E-state index in [0.717, 1.165) is 25.7 Å². The molecule has 2 atom stereocenters. The number of carboxylic acids is 1. The molecule has 1 aromatic heterocycles. The molecule has 3 N–H and O–H groups in total. The first-order valence-electron chi connectivity index (χ1n) is 8.71. The van der Waals surface area contributed by atoms with E-state index in [0.29, 0.717) is 17.9 Å². The minimum absolute atomic E-state index is 0.360. The molecule has 7 heteroatoms. The lowest BCUT2D eigenvalue weighted by atomic mass is 9.84. The van der Waals surface area contributed by atoms with Crippen LogP contribution in [0.25, 0.3) is 0 Å². The summed E-state index contributed by atoms with van der Waals surface area (Å²) in [6, 6.07) is 1.40. The molecular weight excluding hydrogens is 322 g/mol. The Hall–Kier alpha value is -2.44. The fourth-order valence-electron chi connectivity index (χ4n) is 3.11.